The van der Waals surface area contributed by atoms with Crippen molar-refractivity contribution in [3.8, 4) is 0 Å². The Kier molecular flexibility index (Phi) is 3.15. The summed E-state index contributed by atoms with van der Waals surface area (Å²) in [7, 11) is 1.90. The summed E-state index contributed by atoms with van der Waals surface area (Å²) in [6.45, 7) is 1.53. The first-order valence-corrected chi connectivity index (χ1v) is 6.51. The molecule has 1 N–H and O–H groups in total. The molecular formula is C15H18N2O. The molecule has 3 nitrogen and oxygen atoms in total. The van der Waals surface area contributed by atoms with Crippen molar-refractivity contribution in [3.05, 3.63) is 35.9 Å². The molecule has 3 rings (SSSR count). The van der Waals surface area contributed by atoms with E-state index in [2.05, 4.69) is 22.4 Å². The van der Waals surface area contributed by atoms with E-state index in [1.54, 1.807) is 0 Å². The Morgan fingerprint density at radius 3 is 2.94 bits per heavy atom. The van der Waals surface area contributed by atoms with Crippen molar-refractivity contribution in [1.29, 1.82) is 0 Å². The molecule has 1 aromatic carbocycles. The number of fused-ring (bicyclic) bond motifs is 1. The minimum absolute atomic E-state index is 0.643. The Labute approximate surface area is 107 Å². The van der Waals surface area contributed by atoms with E-state index in [9.17, 15) is 0 Å². The van der Waals surface area contributed by atoms with E-state index >= 15 is 0 Å². The molecule has 1 fully saturated rings. The molecule has 3 heteroatoms. The lowest BCUT2D eigenvalue weighted by molar-refractivity contribution is 0.111. The number of anilines is 1. The lowest BCUT2D eigenvalue weighted by Gasteiger charge is -2.10. The second kappa shape index (κ2) is 4.94. The van der Waals surface area contributed by atoms with E-state index in [-0.39, 0.29) is 0 Å². The number of rotatable bonds is 5. The van der Waals surface area contributed by atoms with Crippen LogP contribution < -0.4 is 5.32 Å². The van der Waals surface area contributed by atoms with Gasteiger partial charge in [0.2, 0.25) is 0 Å². The summed E-state index contributed by atoms with van der Waals surface area (Å²) in [5.41, 5.74) is 2.16. The topological polar surface area (TPSA) is 34.2 Å². The summed E-state index contributed by atoms with van der Waals surface area (Å²) in [5.74, 6) is 1.72. The van der Waals surface area contributed by atoms with Crippen LogP contribution in [0, 0.1) is 5.92 Å². The largest absolute Gasteiger partial charge is 0.376 e. The number of para-hydroxylation sites is 1. The molecule has 0 radical (unpaired) electrons. The second-order valence-electron chi connectivity index (χ2n) is 4.90. The van der Waals surface area contributed by atoms with E-state index in [1.165, 1.54) is 18.2 Å². The average molecular weight is 242 g/mol. The molecule has 0 aliphatic heterocycles. The van der Waals surface area contributed by atoms with Crippen LogP contribution in [0.4, 0.5) is 5.82 Å². The van der Waals surface area contributed by atoms with Gasteiger partial charge < -0.3 is 10.1 Å². The molecule has 1 aliphatic carbocycles. The summed E-state index contributed by atoms with van der Waals surface area (Å²) in [6.07, 6.45) is 2.66. The summed E-state index contributed by atoms with van der Waals surface area (Å²) in [6, 6.07) is 10.3. The van der Waals surface area contributed by atoms with Gasteiger partial charge in [-0.15, -0.1) is 0 Å². The number of hydrogen-bond acceptors (Lipinski definition) is 3. The molecule has 1 aliphatic rings. The number of nitrogens with one attached hydrogen (secondary N) is 1. The number of aromatic nitrogens is 1. The highest BCUT2D eigenvalue weighted by Crippen LogP contribution is 2.29. The van der Waals surface area contributed by atoms with Crippen LogP contribution in [-0.2, 0) is 11.3 Å². The molecule has 1 heterocycles. The van der Waals surface area contributed by atoms with E-state index in [4.69, 9.17) is 4.74 Å². The van der Waals surface area contributed by atoms with Crippen molar-refractivity contribution >= 4 is 16.7 Å². The van der Waals surface area contributed by atoms with Crippen LogP contribution in [0.2, 0.25) is 0 Å². The zero-order valence-electron chi connectivity index (χ0n) is 10.6. The van der Waals surface area contributed by atoms with E-state index in [0.717, 1.165) is 29.4 Å². The molecule has 0 saturated heterocycles. The molecule has 94 valence electrons. The van der Waals surface area contributed by atoms with Gasteiger partial charge in [0.05, 0.1) is 12.1 Å². The lowest BCUT2D eigenvalue weighted by atomic mass is 10.1. The van der Waals surface area contributed by atoms with Crippen molar-refractivity contribution in [3.63, 3.8) is 0 Å². The zero-order chi connectivity index (χ0) is 12.4. The zero-order valence-corrected chi connectivity index (χ0v) is 10.6. The first-order valence-electron chi connectivity index (χ1n) is 6.51. The summed E-state index contributed by atoms with van der Waals surface area (Å²) in [4.78, 5) is 4.62. The maximum atomic E-state index is 5.76. The van der Waals surface area contributed by atoms with Gasteiger partial charge in [-0.25, -0.2) is 4.98 Å². The Morgan fingerprint density at radius 2 is 2.17 bits per heavy atom. The van der Waals surface area contributed by atoms with Crippen LogP contribution in [0.1, 0.15) is 18.4 Å². The number of benzene rings is 1. The van der Waals surface area contributed by atoms with Crippen molar-refractivity contribution in [2.45, 2.75) is 19.4 Å². The summed E-state index contributed by atoms with van der Waals surface area (Å²) >= 11 is 0. The van der Waals surface area contributed by atoms with Crippen LogP contribution in [0.15, 0.2) is 30.3 Å². The molecule has 1 aromatic heterocycles. The summed E-state index contributed by atoms with van der Waals surface area (Å²) < 4.78 is 5.76. The Hall–Kier alpha value is -1.61. The summed E-state index contributed by atoms with van der Waals surface area (Å²) in [5, 5.41) is 4.32. The average Bonchev–Trinajstić information content (AvgIpc) is 3.22. The van der Waals surface area contributed by atoms with Gasteiger partial charge in [0.1, 0.15) is 5.82 Å². The van der Waals surface area contributed by atoms with Gasteiger partial charge in [-0.05, 0) is 30.9 Å². The Morgan fingerprint density at radius 1 is 1.33 bits per heavy atom. The van der Waals surface area contributed by atoms with Crippen molar-refractivity contribution in [1.82, 2.24) is 4.98 Å². The molecule has 18 heavy (non-hydrogen) atoms. The normalized spacial score (nSPS) is 14.9. The Balaban J connectivity index is 1.83. The van der Waals surface area contributed by atoms with Crippen molar-refractivity contribution in [2.24, 2.45) is 5.92 Å². The third kappa shape index (κ3) is 2.46. The molecule has 0 atom stereocenters. The molecular weight excluding hydrogens is 224 g/mol. The highest BCUT2D eigenvalue weighted by Gasteiger charge is 2.21. The predicted octanol–water partition coefficient (Wildman–Crippen LogP) is 3.20. The minimum Gasteiger partial charge on any atom is -0.376 e. The van der Waals surface area contributed by atoms with Crippen LogP contribution in [0.25, 0.3) is 10.9 Å². The molecule has 0 spiro atoms. The Bertz CT molecular complexity index is 549. The van der Waals surface area contributed by atoms with Gasteiger partial charge in [-0.3, -0.25) is 0 Å². The highest BCUT2D eigenvalue weighted by molar-refractivity contribution is 5.81. The van der Waals surface area contributed by atoms with Crippen LogP contribution in [0.3, 0.4) is 0 Å². The molecule has 0 amide bonds. The smallest absolute Gasteiger partial charge is 0.131 e. The molecule has 0 bridgehead atoms. The minimum atomic E-state index is 0.643. The standard InChI is InChI=1S/C15H18N2O/c1-16-15-13(10-18-9-11-6-7-11)8-12-4-2-3-5-14(12)17-15/h2-5,8,11H,6-7,9-10H2,1H3,(H,16,17). The van der Waals surface area contributed by atoms with Crippen molar-refractivity contribution in [2.75, 3.05) is 19.0 Å². The molecule has 0 unspecified atom stereocenters. The number of hydrogen-bond donors (Lipinski definition) is 1. The van der Waals surface area contributed by atoms with Crippen LogP contribution in [0.5, 0.6) is 0 Å². The first kappa shape index (κ1) is 11.5. The molecule has 1 saturated carbocycles. The van der Waals surface area contributed by atoms with Crippen molar-refractivity contribution < 1.29 is 4.74 Å². The SMILES string of the molecule is CNc1nc2ccccc2cc1COCC1CC1. The fraction of sp³-hybridized carbons (Fsp3) is 0.400. The maximum absolute atomic E-state index is 5.76. The number of pyridine rings is 1. The highest BCUT2D eigenvalue weighted by atomic mass is 16.5. The third-order valence-corrected chi connectivity index (χ3v) is 3.35. The van der Waals surface area contributed by atoms with E-state index < -0.39 is 0 Å². The van der Waals surface area contributed by atoms with Gasteiger partial charge in [-0.1, -0.05) is 18.2 Å². The lowest BCUT2D eigenvalue weighted by Crippen LogP contribution is -2.03. The van der Waals surface area contributed by atoms with Gasteiger partial charge >= 0.3 is 0 Å². The van der Waals surface area contributed by atoms with Gasteiger partial charge in [0.15, 0.2) is 0 Å². The molecule has 2 aromatic rings. The number of nitrogens with zero attached hydrogens (tertiary/aromatic N) is 1. The third-order valence-electron chi connectivity index (χ3n) is 3.35. The first-order chi connectivity index (χ1) is 8.86. The quantitative estimate of drug-likeness (QED) is 0.874. The predicted molar refractivity (Wildman–Crippen MR) is 73.7 cm³/mol. The fourth-order valence-corrected chi connectivity index (χ4v) is 2.11. The second-order valence-corrected chi connectivity index (χ2v) is 4.90. The monoisotopic (exact) mass is 242 g/mol. The maximum Gasteiger partial charge on any atom is 0.131 e. The van der Waals surface area contributed by atoms with E-state index in [0.29, 0.717) is 6.61 Å². The van der Waals surface area contributed by atoms with Crippen LogP contribution >= 0.6 is 0 Å². The van der Waals surface area contributed by atoms with Crippen LogP contribution in [-0.4, -0.2) is 18.6 Å². The number of ether oxygens (including phenoxy) is 1. The van der Waals surface area contributed by atoms with Gasteiger partial charge in [0, 0.05) is 24.6 Å². The fourth-order valence-electron chi connectivity index (χ4n) is 2.11. The van der Waals surface area contributed by atoms with E-state index in [1.807, 2.05) is 25.2 Å². The van der Waals surface area contributed by atoms with Gasteiger partial charge in [-0.2, -0.15) is 0 Å². The van der Waals surface area contributed by atoms with Gasteiger partial charge in [0.25, 0.3) is 0 Å².